The molecule has 0 aliphatic heterocycles. The molecule has 0 bridgehead atoms. The van der Waals surface area contributed by atoms with Gasteiger partial charge in [-0.1, -0.05) is 31.0 Å². The van der Waals surface area contributed by atoms with Crippen molar-refractivity contribution in [1.29, 1.82) is 0 Å². The van der Waals surface area contributed by atoms with E-state index in [1.165, 1.54) is 11.3 Å². The van der Waals surface area contributed by atoms with Gasteiger partial charge >= 0.3 is 0 Å². The molecular formula is C25H27N5O3S. The van der Waals surface area contributed by atoms with Crippen LogP contribution >= 0.6 is 11.3 Å². The lowest BCUT2D eigenvalue weighted by Gasteiger charge is -2.16. The molecule has 0 unspecified atom stereocenters. The van der Waals surface area contributed by atoms with Crippen molar-refractivity contribution in [2.24, 2.45) is 5.73 Å². The second-order valence-electron chi connectivity index (χ2n) is 8.07. The molecule has 0 aliphatic rings. The van der Waals surface area contributed by atoms with Crippen LogP contribution in [0.4, 0.5) is 0 Å². The van der Waals surface area contributed by atoms with E-state index in [1.54, 1.807) is 25.0 Å². The van der Waals surface area contributed by atoms with Gasteiger partial charge in [-0.25, -0.2) is 4.98 Å². The van der Waals surface area contributed by atoms with Gasteiger partial charge in [0.15, 0.2) is 0 Å². The average Bonchev–Trinajstić information content (AvgIpc) is 3.55. The number of ether oxygens (including phenoxy) is 1. The number of nitrogens with two attached hydrogens (primary N) is 1. The number of nitrogens with zero attached hydrogens (tertiary/aromatic N) is 2. The maximum atomic E-state index is 12.7. The van der Waals surface area contributed by atoms with Crippen LogP contribution in [0, 0.1) is 0 Å². The fourth-order valence-electron chi connectivity index (χ4n) is 3.84. The molecule has 176 valence electrons. The summed E-state index contributed by atoms with van der Waals surface area (Å²) < 4.78 is 5.31. The number of carbonyl (C=O) groups excluding carboxylic acids is 2. The number of amides is 2. The Balaban J connectivity index is 1.51. The van der Waals surface area contributed by atoms with Gasteiger partial charge in [-0.3, -0.25) is 14.6 Å². The minimum atomic E-state index is -0.292. The summed E-state index contributed by atoms with van der Waals surface area (Å²) in [6.07, 6.45) is 6.81. The van der Waals surface area contributed by atoms with Crippen LogP contribution in [0.15, 0.2) is 54.3 Å². The molecule has 2 aromatic carbocycles. The van der Waals surface area contributed by atoms with Crippen molar-refractivity contribution in [3.63, 3.8) is 0 Å². The Morgan fingerprint density at radius 2 is 1.94 bits per heavy atom. The zero-order valence-electron chi connectivity index (χ0n) is 18.9. The van der Waals surface area contributed by atoms with Gasteiger partial charge in [-0.2, -0.15) is 0 Å². The van der Waals surface area contributed by atoms with Gasteiger partial charge < -0.3 is 20.8 Å². The number of benzene rings is 2. The molecule has 2 amide bonds. The Bertz CT molecular complexity index is 1270. The smallest absolute Gasteiger partial charge is 0.263 e. The number of fused-ring (bicyclic) bond motifs is 1. The van der Waals surface area contributed by atoms with Crippen molar-refractivity contribution in [2.75, 3.05) is 7.11 Å². The second-order valence-corrected chi connectivity index (χ2v) is 8.95. The molecule has 0 fully saturated rings. The first-order valence-corrected chi connectivity index (χ1v) is 12.0. The van der Waals surface area contributed by atoms with Crippen molar-refractivity contribution >= 4 is 33.9 Å². The summed E-state index contributed by atoms with van der Waals surface area (Å²) in [5.74, 6) is 1.04. The summed E-state index contributed by atoms with van der Waals surface area (Å²) in [6, 6.07) is 11.9. The highest BCUT2D eigenvalue weighted by atomic mass is 32.1. The predicted octanol–water partition coefficient (Wildman–Crippen LogP) is 4.60. The number of hydrogen-bond acceptors (Lipinski definition) is 6. The number of primary amides is 1. The molecule has 34 heavy (non-hydrogen) atoms. The fourth-order valence-corrected chi connectivity index (χ4v) is 4.36. The first kappa shape index (κ1) is 23.4. The lowest BCUT2D eigenvalue weighted by molar-refractivity contribution is -0.118. The van der Waals surface area contributed by atoms with Crippen LogP contribution in [0.25, 0.3) is 22.0 Å². The average molecular weight is 478 g/mol. The summed E-state index contributed by atoms with van der Waals surface area (Å²) in [5, 5.41) is 5.26. The molecule has 0 radical (unpaired) electrons. The van der Waals surface area contributed by atoms with Crippen LogP contribution in [-0.2, 0) is 4.79 Å². The summed E-state index contributed by atoms with van der Waals surface area (Å²) in [6.45, 7) is 0. The molecule has 4 aromatic rings. The van der Waals surface area contributed by atoms with E-state index >= 15 is 0 Å². The van der Waals surface area contributed by atoms with Gasteiger partial charge in [0.2, 0.25) is 5.91 Å². The first-order valence-electron chi connectivity index (χ1n) is 11.1. The quantitative estimate of drug-likeness (QED) is 0.272. The first-order chi connectivity index (χ1) is 16.5. The number of thiazole rings is 1. The van der Waals surface area contributed by atoms with Crippen molar-refractivity contribution in [3.05, 3.63) is 65.0 Å². The minimum absolute atomic E-state index is 0.178. The third-order valence-electron chi connectivity index (χ3n) is 5.66. The lowest BCUT2D eigenvalue weighted by atomic mass is 10.0. The van der Waals surface area contributed by atoms with E-state index in [4.69, 9.17) is 10.5 Å². The van der Waals surface area contributed by atoms with E-state index in [0.717, 1.165) is 47.0 Å². The molecule has 0 saturated carbocycles. The Morgan fingerprint density at radius 1 is 1.12 bits per heavy atom. The molecule has 0 spiro atoms. The monoisotopic (exact) mass is 477 g/mol. The number of nitrogens with one attached hydrogen (secondary N) is 2. The van der Waals surface area contributed by atoms with E-state index in [0.29, 0.717) is 23.5 Å². The number of aromatic nitrogens is 3. The molecular weight excluding hydrogens is 450 g/mol. The van der Waals surface area contributed by atoms with E-state index < -0.39 is 0 Å². The van der Waals surface area contributed by atoms with Crippen molar-refractivity contribution in [2.45, 2.75) is 38.1 Å². The van der Waals surface area contributed by atoms with E-state index in [9.17, 15) is 9.59 Å². The number of H-pyrrole nitrogens is 1. The molecule has 9 heteroatoms. The predicted molar refractivity (Wildman–Crippen MR) is 133 cm³/mol. The van der Waals surface area contributed by atoms with Crippen LogP contribution in [0.5, 0.6) is 5.75 Å². The highest BCUT2D eigenvalue weighted by Gasteiger charge is 2.20. The van der Waals surface area contributed by atoms with Crippen molar-refractivity contribution in [1.82, 2.24) is 20.3 Å². The largest absolute Gasteiger partial charge is 0.497 e. The van der Waals surface area contributed by atoms with Crippen molar-refractivity contribution < 1.29 is 14.3 Å². The van der Waals surface area contributed by atoms with E-state index in [1.807, 2.05) is 24.3 Å². The van der Waals surface area contributed by atoms with Crippen LogP contribution in [-0.4, -0.2) is 33.9 Å². The van der Waals surface area contributed by atoms with E-state index in [2.05, 4.69) is 32.4 Å². The van der Waals surface area contributed by atoms with Crippen molar-refractivity contribution in [3.8, 4) is 17.0 Å². The van der Waals surface area contributed by atoms with Gasteiger partial charge in [0.05, 0.1) is 36.7 Å². The lowest BCUT2D eigenvalue weighted by Crippen LogP contribution is -2.28. The van der Waals surface area contributed by atoms with Gasteiger partial charge in [0.1, 0.15) is 16.5 Å². The van der Waals surface area contributed by atoms with Crippen LogP contribution in [0.1, 0.15) is 53.6 Å². The Morgan fingerprint density at radius 3 is 2.71 bits per heavy atom. The zero-order valence-corrected chi connectivity index (χ0v) is 19.7. The molecule has 1 atom stereocenters. The number of imidazole rings is 1. The summed E-state index contributed by atoms with van der Waals surface area (Å²) >= 11 is 1.30. The Labute approximate surface area is 201 Å². The SMILES string of the molecule is COc1ccc2cc(-c3cnc([C@H](CCCCCC(N)=O)NC(=O)c4cncs4)[nH]3)ccc2c1. The third kappa shape index (κ3) is 5.79. The fraction of sp³-hybridized carbons (Fsp3) is 0.280. The molecule has 0 aliphatic carbocycles. The van der Waals surface area contributed by atoms with Crippen LogP contribution in [0.3, 0.4) is 0 Å². The standard InChI is InChI=1S/C25H27N5O3S/c1-33-19-10-9-16-11-18(8-7-17(16)12-19)21-13-28-24(29-21)20(5-3-2-4-6-23(26)31)30-25(32)22-14-27-15-34-22/h7-15,20H,2-6H2,1H3,(H2,26,31)(H,28,29)(H,30,32)/t20-/m0/s1. The minimum Gasteiger partial charge on any atom is -0.497 e. The molecule has 4 rings (SSSR count). The summed E-state index contributed by atoms with van der Waals surface area (Å²) in [7, 11) is 1.66. The maximum Gasteiger partial charge on any atom is 0.263 e. The number of methoxy groups -OCH3 is 1. The van der Waals surface area contributed by atoms with Gasteiger partial charge in [-0.05, 0) is 41.8 Å². The topological polar surface area (TPSA) is 123 Å². The van der Waals surface area contributed by atoms with Gasteiger partial charge in [0.25, 0.3) is 5.91 Å². The Kier molecular flexibility index (Phi) is 7.54. The normalized spacial score (nSPS) is 11.9. The molecule has 2 heterocycles. The number of rotatable bonds is 11. The maximum absolute atomic E-state index is 12.7. The second kappa shape index (κ2) is 10.9. The molecule has 2 aromatic heterocycles. The van der Waals surface area contributed by atoms with Crippen LogP contribution < -0.4 is 15.8 Å². The molecule has 0 saturated heterocycles. The van der Waals surface area contributed by atoms with E-state index in [-0.39, 0.29) is 17.9 Å². The number of carbonyl (C=O) groups is 2. The Hall–Kier alpha value is -3.72. The molecule has 4 N–H and O–H groups in total. The highest BCUT2D eigenvalue weighted by Crippen LogP contribution is 2.28. The summed E-state index contributed by atoms with van der Waals surface area (Å²) in [5.41, 5.74) is 8.74. The number of aromatic amines is 1. The third-order valence-corrected chi connectivity index (χ3v) is 6.43. The number of hydrogen-bond donors (Lipinski definition) is 3. The highest BCUT2D eigenvalue weighted by molar-refractivity contribution is 7.11. The number of unbranched alkanes of at least 4 members (excludes halogenated alkanes) is 2. The molecule has 8 nitrogen and oxygen atoms in total. The zero-order chi connectivity index (χ0) is 23.9. The van der Waals surface area contributed by atoms with Gasteiger partial charge in [0, 0.05) is 12.0 Å². The van der Waals surface area contributed by atoms with Crippen LogP contribution in [0.2, 0.25) is 0 Å². The summed E-state index contributed by atoms with van der Waals surface area (Å²) in [4.78, 5) is 36.2. The van der Waals surface area contributed by atoms with Gasteiger partial charge in [-0.15, -0.1) is 11.3 Å².